The molecule has 178 valence electrons. The number of carbonyl (C=O) groups is 2. The maximum absolute atomic E-state index is 13.7. The maximum atomic E-state index is 13.7. The quantitative estimate of drug-likeness (QED) is 0.579. The molecule has 0 bridgehead atoms. The number of para-hydroxylation sites is 1. The summed E-state index contributed by atoms with van der Waals surface area (Å²) in [5.41, 5.74) is 5.45. The summed E-state index contributed by atoms with van der Waals surface area (Å²) in [6.07, 6.45) is 2.96. The normalized spacial score (nSPS) is 17.8. The standard InChI is InChI=1S/C28H32N2O4/c1-5-15-34-23-14-13-19(16-24(23)33-4)26-25(28(32)30-20-10-7-6-9-17(20)2)18(3)29-21-11-8-12-22(31)27(21)26/h6-7,9-10,13-14,16,26,29H,5,8,11-12,15H2,1-4H3,(H,30,32). The Hall–Kier alpha value is -3.54. The van der Waals surface area contributed by atoms with Crippen LogP contribution in [0.15, 0.2) is 65.0 Å². The summed E-state index contributed by atoms with van der Waals surface area (Å²) >= 11 is 0. The summed E-state index contributed by atoms with van der Waals surface area (Å²) in [5, 5.41) is 6.43. The van der Waals surface area contributed by atoms with Gasteiger partial charge in [0.15, 0.2) is 17.3 Å². The third-order valence-electron chi connectivity index (χ3n) is 6.40. The predicted octanol–water partition coefficient (Wildman–Crippen LogP) is 5.40. The van der Waals surface area contributed by atoms with E-state index in [-0.39, 0.29) is 11.7 Å². The Bertz CT molecular complexity index is 1180. The molecule has 2 aliphatic rings. The molecule has 6 nitrogen and oxygen atoms in total. The Labute approximate surface area is 201 Å². The van der Waals surface area contributed by atoms with Gasteiger partial charge in [-0.15, -0.1) is 0 Å². The van der Waals surface area contributed by atoms with Crippen molar-refractivity contribution < 1.29 is 19.1 Å². The van der Waals surface area contributed by atoms with E-state index in [4.69, 9.17) is 9.47 Å². The largest absolute Gasteiger partial charge is 0.493 e. The smallest absolute Gasteiger partial charge is 0.254 e. The van der Waals surface area contributed by atoms with Gasteiger partial charge in [-0.2, -0.15) is 0 Å². The zero-order valence-electron chi connectivity index (χ0n) is 20.3. The van der Waals surface area contributed by atoms with E-state index in [1.807, 2.05) is 63.2 Å². The van der Waals surface area contributed by atoms with E-state index in [1.54, 1.807) is 7.11 Å². The van der Waals surface area contributed by atoms with E-state index in [2.05, 4.69) is 10.6 Å². The third-order valence-corrected chi connectivity index (χ3v) is 6.40. The van der Waals surface area contributed by atoms with Gasteiger partial charge in [0.25, 0.3) is 5.91 Å². The lowest BCUT2D eigenvalue weighted by atomic mass is 9.75. The van der Waals surface area contributed by atoms with Crippen molar-refractivity contribution in [2.75, 3.05) is 19.0 Å². The number of ketones is 1. The zero-order chi connectivity index (χ0) is 24.2. The Morgan fingerprint density at radius 1 is 1.12 bits per heavy atom. The highest BCUT2D eigenvalue weighted by molar-refractivity contribution is 6.10. The number of dihydropyridines is 1. The highest BCUT2D eigenvalue weighted by atomic mass is 16.5. The van der Waals surface area contributed by atoms with Crippen LogP contribution in [-0.4, -0.2) is 25.4 Å². The summed E-state index contributed by atoms with van der Waals surface area (Å²) in [6.45, 7) is 6.49. The number of allylic oxidation sites excluding steroid dienone is 3. The number of hydrogen-bond acceptors (Lipinski definition) is 5. The van der Waals surface area contributed by atoms with Crippen LogP contribution in [0.5, 0.6) is 11.5 Å². The molecule has 1 atom stereocenters. The van der Waals surface area contributed by atoms with E-state index in [0.29, 0.717) is 35.7 Å². The molecule has 0 radical (unpaired) electrons. The number of hydrogen-bond donors (Lipinski definition) is 2. The molecule has 0 fully saturated rings. The fraction of sp³-hybridized carbons (Fsp3) is 0.357. The first-order valence-electron chi connectivity index (χ1n) is 11.9. The van der Waals surface area contributed by atoms with Gasteiger partial charge in [-0.3, -0.25) is 9.59 Å². The topological polar surface area (TPSA) is 76.7 Å². The number of benzene rings is 2. The molecule has 0 aromatic heterocycles. The van der Waals surface area contributed by atoms with Crippen molar-refractivity contribution in [2.24, 2.45) is 0 Å². The SMILES string of the molecule is CCCOc1ccc(C2C(C(=O)Nc3ccccc3C)=C(C)NC3=C2C(=O)CCC3)cc1OC. The molecule has 34 heavy (non-hydrogen) atoms. The minimum atomic E-state index is -0.484. The van der Waals surface area contributed by atoms with Crippen LogP contribution >= 0.6 is 0 Å². The van der Waals surface area contributed by atoms with E-state index in [0.717, 1.165) is 47.5 Å². The molecular weight excluding hydrogens is 428 g/mol. The van der Waals surface area contributed by atoms with E-state index >= 15 is 0 Å². The molecule has 1 aliphatic heterocycles. The lowest BCUT2D eigenvalue weighted by Crippen LogP contribution is -2.35. The molecule has 0 spiro atoms. The molecular formula is C28H32N2O4. The van der Waals surface area contributed by atoms with Crippen molar-refractivity contribution in [3.63, 3.8) is 0 Å². The van der Waals surface area contributed by atoms with Crippen molar-refractivity contribution >= 4 is 17.4 Å². The zero-order valence-corrected chi connectivity index (χ0v) is 20.3. The van der Waals surface area contributed by atoms with Gasteiger partial charge in [-0.05, 0) is 62.4 Å². The average Bonchev–Trinajstić information content (AvgIpc) is 2.83. The summed E-state index contributed by atoms with van der Waals surface area (Å²) in [5.74, 6) is 0.614. The van der Waals surface area contributed by atoms with E-state index in [1.165, 1.54) is 0 Å². The van der Waals surface area contributed by atoms with Crippen LogP contribution in [-0.2, 0) is 9.59 Å². The summed E-state index contributed by atoms with van der Waals surface area (Å²) in [6, 6.07) is 13.4. The molecule has 1 heterocycles. The van der Waals surface area contributed by atoms with Crippen LogP contribution in [0.2, 0.25) is 0 Å². The maximum Gasteiger partial charge on any atom is 0.254 e. The fourth-order valence-corrected chi connectivity index (χ4v) is 4.72. The van der Waals surface area contributed by atoms with Crippen molar-refractivity contribution in [3.8, 4) is 11.5 Å². The second-order valence-electron chi connectivity index (χ2n) is 8.79. The molecule has 2 N–H and O–H groups in total. The van der Waals surface area contributed by atoms with Crippen LogP contribution in [0.3, 0.4) is 0 Å². The lowest BCUT2D eigenvalue weighted by molar-refractivity contribution is -0.116. The Morgan fingerprint density at radius 2 is 1.91 bits per heavy atom. The minimum absolute atomic E-state index is 0.0812. The molecule has 1 unspecified atom stereocenters. The first-order chi connectivity index (χ1) is 16.4. The molecule has 1 aliphatic carbocycles. The first-order valence-corrected chi connectivity index (χ1v) is 11.9. The van der Waals surface area contributed by atoms with Crippen molar-refractivity contribution in [2.45, 2.75) is 52.4 Å². The van der Waals surface area contributed by atoms with E-state index in [9.17, 15) is 9.59 Å². The first kappa shape index (κ1) is 23.6. The Balaban J connectivity index is 1.80. The number of methoxy groups -OCH3 is 1. The number of aryl methyl sites for hydroxylation is 1. The van der Waals surface area contributed by atoms with Crippen LogP contribution in [0, 0.1) is 6.92 Å². The second kappa shape index (κ2) is 10.2. The Morgan fingerprint density at radius 3 is 2.65 bits per heavy atom. The molecule has 2 aromatic carbocycles. The van der Waals surface area contributed by atoms with Gasteiger partial charge in [-0.25, -0.2) is 0 Å². The van der Waals surface area contributed by atoms with Crippen LogP contribution in [0.1, 0.15) is 56.6 Å². The van der Waals surface area contributed by atoms with Gasteiger partial charge in [-0.1, -0.05) is 31.2 Å². The molecule has 2 aromatic rings. The average molecular weight is 461 g/mol. The number of amides is 1. The molecule has 1 amide bonds. The number of ether oxygens (including phenoxy) is 2. The summed E-state index contributed by atoms with van der Waals surface area (Å²) in [4.78, 5) is 26.8. The predicted molar refractivity (Wildman–Crippen MR) is 133 cm³/mol. The number of rotatable bonds is 7. The van der Waals surface area contributed by atoms with Gasteiger partial charge in [0, 0.05) is 40.6 Å². The third kappa shape index (κ3) is 4.58. The van der Waals surface area contributed by atoms with Crippen molar-refractivity contribution in [3.05, 3.63) is 76.1 Å². The van der Waals surface area contributed by atoms with Gasteiger partial charge >= 0.3 is 0 Å². The van der Waals surface area contributed by atoms with E-state index < -0.39 is 5.92 Å². The van der Waals surface area contributed by atoms with Gasteiger partial charge < -0.3 is 20.1 Å². The van der Waals surface area contributed by atoms with Gasteiger partial charge in [0.05, 0.1) is 13.7 Å². The van der Waals surface area contributed by atoms with Gasteiger partial charge in [0.1, 0.15) is 0 Å². The molecule has 4 rings (SSSR count). The van der Waals surface area contributed by atoms with Crippen LogP contribution in [0.25, 0.3) is 0 Å². The number of carbonyl (C=O) groups excluding carboxylic acids is 2. The van der Waals surface area contributed by atoms with Gasteiger partial charge in [0.2, 0.25) is 0 Å². The molecule has 0 saturated carbocycles. The second-order valence-corrected chi connectivity index (χ2v) is 8.79. The molecule has 0 saturated heterocycles. The number of nitrogens with one attached hydrogen (secondary N) is 2. The highest BCUT2D eigenvalue weighted by Crippen LogP contribution is 2.44. The van der Waals surface area contributed by atoms with Crippen LogP contribution < -0.4 is 20.1 Å². The van der Waals surface area contributed by atoms with Crippen molar-refractivity contribution in [1.82, 2.24) is 5.32 Å². The summed E-state index contributed by atoms with van der Waals surface area (Å²) in [7, 11) is 1.60. The Kier molecular flexibility index (Phi) is 7.06. The minimum Gasteiger partial charge on any atom is -0.493 e. The van der Waals surface area contributed by atoms with Crippen molar-refractivity contribution in [1.29, 1.82) is 0 Å². The fourth-order valence-electron chi connectivity index (χ4n) is 4.72. The number of anilines is 1. The summed E-state index contributed by atoms with van der Waals surface area (Å²) < 4.78 is 11.4. The number of Topliss-reactive ketones (excluding diaryl/α,β-unsaturated/α-hetero) is 1. The lowest BCUT2D eigenvalue weighted by Gasteiger charge is -2.34. The van der Waals surface area contributed by atoms with Crippen LogP contribution in [0.4, 0.5) is 5.69 Å². The monoisotopic (exact) mass is 460 g/mol. The molecule has 6 heteroatoms. The highest BCUT2D eigenvalue weighted by Gasteiger charge is 2.38.